The summed E-state index contributed by atoms with van der Waals surface area (Å²) in [5.41, 5.74) is 1.25. The molecule has 2 aliphatic rings. The summed E-state index contributed by atoms with van der Waals surface area (Å²) in [6.45, 7) is 5.03. The third-order valence-electron chi connectivity index (χ3n) is 4.62. The first-order valence-electron chi connectivity index (χ1n) is 7.81. The van der Waals surface area contributed by atoms with E-state index in [1.165, 1.54) is 0 Å². The van der Waals surface area contributed by atoms with E-state index >= 15 is 0 Å². The lowest BCUT2D eigenvalue weighted by Gasteiger charge is -2.30. The first-order chi connectivity index (χ1) is 11.2. The zero-order valence-corrected chi connectivity index (χ0v) is 12.9. The third-order valence-corrected chi connectivity index (χ3v) is 4.62. The highest BCUT2D eigenvalue weighted by molar-refractivity contribution is 6.27. The van der Waals surface area contributed by atoms with Crippen LogP contribution < -0.4 is 0 Å². The minimum atomic E-state index is -0.212. The largest absolute Gasteiger partial charge is 0.455 e. The molecule has 5 heteroatoms. The molecule has 0 spiro atoms. The number of furan rings is 1. The molecule has 4 rings (SSSR count). The molecule has 2 aromatic rings. The van der Waals surface area contributed by atoms with Crippen LogP contribution in [0, 0.1) is 0 Å². The highest BCUT2D eigenvalue weighted by Gasteiger charge is 2.34. The number of rotatable bonds is 2. The number of carbonyl (C=O) groups excluding carboxylic acids is 2. The van der Waals surface area contributed by atoms with Crippen molar-refractivity contribution in [3.8, 4) is 0 Å². The number of hydrogen-bond acceptors (Lipinski definition) is 5. The highest BCUT2D eigenvalue weighted by Crippen LogP contribution is 2.33. The van der Waals surface area contributed by atoms with Gasteiger partial charge in [0.05, 0.1) is 24.8 Å². The fraction of sp³-hybridized carbons (Fsp3) is 0.333. The van der Waals surface area contributed by atoms with E-state index in [0.29, 0.717) is 35.7 Å². The lowest BCUT2D eigenvalue weighted by atomic mass is 9.88. The lowest BCUT2D eigenvalue weighted by Crippen LogP contribution is -2.37. The zero-order valence-electron chi connectivity index (χ0n) is 12.9. The monoisotopic (exact) mass is 311 g/mol. The molecule has 0 N–H and O–H groups in total. The van der Waals surface area contributed by atoms with Crippen LogP contribution in [0.25, 0.3) is 0 Å². The number of hydrogen-bond donors (Lipinski definition) is 0. The Hall–Kier alpha value is -2.24. The maximum Gasteiger partial charge on any atom is 0.229 e. The summed E-state index contributed by atoms with van der Waals surface area (Å²) in [7, 11) is 0. The Morgan fingerprint density at radius 3 is 2.35 bits per heavy atom. The normalized spacial score (nSPS) is 19.3. The molecular weight excluding hydrogens is 294 g/mol. The summed E-state index contributed by atoms with van der Waals surface area (Å²) < 4.78 is 11.2. The predicted molar refractivity (Wildman–Crippen MR) is 82.8 cm³/mol. The molecule has 1 fully saturated rings. The first-order valence-corrected chi connectivity index (χ1v) is 7.81. The maximum absolute atomic E-state index is 12.6. The molecule has 1 atom stereocenters. The van der Waals surface area contributed by atoms with Gasteiger partial charge in [-0.2, -0.15) is 0 Å². The number of carbonyl (C=O) groups is 2. The van der Waals surface area contributed by atoms with Crippen LogP contribution in [0.3, 0.4) is 0 Å². The lowest BCUT2D eigenvalue weighted by molar-refractivity contribution is 0.0155. The SMILES string of the molecule is CC(c1cc2c(o1)C(=O)c1ccccc1C2=O)N1CCOCC1. The van der Waals surface area contributed by atoms with E-state index in [0.717, 1.165) is 13.1 Å². The first kappa shape index (κ1) is 14.4. The molecule has 1 saturated heterocycles. The van der Waals surface area contributed by atoms with E-state index in [2.05, 4.69) is 4.90 Å². The molecule has 2 heterocycles. The summed E-state index contributed by atoms with van der Waals surface area (Å²) in [6, 6.07) is 8.63. The number of ether oxygens (including phenoxy) is 1. The predicted octanol–water partition coefficient (Wildman–Crippen LogP) is 2.45. The smallest absolute Gasteiger partial charge is 0.229 e. The number of fused-ring (bicyclic) bond motifs is 2. The highest BCUT2D eigenvalue weighted by atomic mass is 16.5. The van der Waals surface area contributed by atoms with Gasteiger partial charge in [-0.25, -0.2) is 0 Å². The second-order valence-electron chi connectivity index (χ2n) is 5.92. The van der Waals surface area contributed by atoms with Crippen molar-refractivity contribution in [3.63, 3.8) is 0 Å². The zero-order chi connectivity index (χ0) is 16.0. The third kappa shape index (κ3) is 2.24. The van der Waals surface area contributed by atoms with Gasteiger partial charge in [0.15, 0.2) is 11.5 Å². The van der Waals surface area contributed by atoms with Gasteiger partial charge >= 0.3 is 0 Å². The molecule has 0 bridgehead atoms. The maximum atomic E-state index is 12.6. The Balaban J connectivity index is 1.72. The van der Waals surface area contributed by atoms with Crippen LogP contribution in [-0.4, -0.2) is 42.8 Å². The van der Waals surface area contributed by atoms with Crippen LogP contribution in [0.2, 0.25) is 0 Å². The molecule has 1 unspecified atom stereocenters. The molecule has 1 aromatic carbocycles. The van der Waals surface area contributed by atoms with Gasteiger partial charge in [0, 0.05) is 24.2 Å². The molecule has 23 heavy (non-hydrogen) atoms. The van der Waals surface area contributed by atoms with Crippen LogP contribution in [0.4, 0.5) is 0 Å². The summed E-state index contributed by atoms with van der Waals surface area (Å²) in [6.07, 6.45) is 0. The van der Waals surface area contributed by atoms with Crippen molar-refractivity contribution in [1.82, 2.24) is 4.90 Å². The quantitative estimate of drug-likeness (QED) is 0.727. The molecule has 0 saturated carbocycles. The van der Waals surface area contributed by atoms with Crippen molar-refractivity contribution >= 4 is 11.6 Å². The average Bonchev–Trinajstić information content (AvgIpc) is 3.05. The molecule has 0 amide bonds. The molecular formula is C18H17NO4. The Bertz CT molecular complexity index is 734. The summed E-state index contributed by atoms with van der Waals surface area (Å²) in [4.78, 5) is 27.4. The number of morpholine rings is 1. The van der Waals surface area contributed by atoms with Gasteiger partial charge in [-0.15, -0.1) is 0 Å². The van der Waals surface area contributed by atoms with Crippen LogP contribution in [0.5, 0.6) is 0 Å². The van der Waals surface area contributed by atoms with Crippen LogP contribution in [-0.2, 0) is 4.74 Å². The van der Waals surface area contributed by atoms with Gasteiger partial charge < -0.3 is 9.15 Å². The van der Waals surface area contributed by atoms with Gasteiger partial charge in [-0.1, -0.05) is 24.3 Å². The van der Waals surface area contributed by atoms with E-state index in [4.69, 9.17) is 9.15 Å². The van der Waals surface area contributed by atoms with Crippen molar-refractivity contribution in [2.45, 2.75) is 13.0 Å². The number of ketones is 2. The fourth-order valence-electron chi connectivity index (χ4n) is 3.24. The second-order valence-corrected chi connectivity index (χ2v) is 5.92. The van der Waals surface area contributed by atoms with Crippen LogP contribution >= 0.6 is 0 Å². The minimum absolute atomic E-state index is 0.00760. The Morgan fingerprint density at radius 2 is 1.65 bits per heavy atom. The average molecular weight is 311 g/mol. The molecule has 0 radical (unpaired) electrons. The van der Waals surface area contributed by atoms with Crippen LogP contribution in [0.15, 0.2) is 34.7 Å². The van der Waals surface area contributed by atoms with Gasteiger partial charge in [0.2, 0.25) is 5.78 Å². The topological polar surface area (TPSA) is 59.8 Å². The van der Waals surface area contributed by atoms with Gasteiger partial charge in [-0.3, -0.25) is 14.5 Å². The van der Waals surface area contributed by atoms with Crippen molar-refractivity contribution in [2.75, 3.05) is 26.3 Å². The number of nitrogens with zero attached hydrogens (tertiary/aromatic N) is 1. The molecule has 1 aliphatic heterocycles. The van der Waals surface area contributed by atoms with Gasteiger partial charge in [0.25, 0.3) is 0 Å². The van der Waals surface area contributed by atoms with Gasteiger partial charge in [-0.05, 0) is 13.0 Å². The van der Waals surface area contributed by atoms with Crippen molar-refractivity contribution in [1.29, 1.82) is 0 Å². The summed E-state index contributed by atoms with van der Waals surface area (Å²) in [5.74, 6) is 0.477. The van der Waals surface area contributed by atoms with Crippen LogP contribution in [0.1, 0.15) is 50.8 Å². The van der Waals surface area contributed by atoms with E-state index in [1.807, 2.05) is 6.92 Å². The Kier molecular flexibility index (Phi) is 3.39. The summed E-state index contributed by atoms with van der Waals surface area (Å²) >= 11 is 0. The van der Waals surface area contributed by atoms with E-state index in [9.17, 15) is 9.59 Å². The van der Waals surface area contributed by atoms with Crippen molar-refractivity contribution in [2.24, 2.45) is 0 Å². The summed E-state index contributed by atoms with van der Waals surface area (Å²) in [5, 5.41) is 0. The molecule has 5 nitrogen and oxygen atoms in total. The standard InChI is InChI=1S/C18H17NO4/c1-11(19-6-8-22-9-7-19)15-10-14-16(20)12-4-2-3-5-13(12)17(21)18(14)23-15/h2-5,10-11H,6-9H2,1H3. The van der Waals surface area contributed by atoms with E-state index < -0.39 is 0 Å². The Labute approximate surface area is 133 Å². The molecule has 118 valence electrons. The van der Waals surface area contributed by atoms with Crippen molar-refractivity contribution < 1.29 is 18.7 Å². The van der Waals surface area contributed by atoms with E-state index in [-0.39, 0.29) is 23.4 Å². The van der Waals surface area contributed by atoms with Crippen molar-refractivity contribution in [3.05, 3.63) is 58.5 Å². The molecule has 1 aromatic heterocycles. The van der Waals surface area contributed by atoms with E-state index in [1.54, 1.807) is 30.3 Å². The van der Waals surface area contributed by atoms with Gasteiger partial charge in [0.1, 0.15) is 5.76 Å². The molecule has 1 aliphatic carbocycles. The number of benzene rings is 1. The Morgan fingerprint density at radius 1 is 1.00 bits per heavy atom. The fourth-order valence-corrected chi connectivity index (χ4v) is 3.24. The minimum Gasteiger partial charge on any atom is -0.455 e. The second kappa shape index (κ2) is 5.44.